The fraction of sp³-hybridized carbons (Fsp3) is 0.417. The number of methoxy groups -OCH3 is 1. The van der Waals surface area contributed by atoms with E-state index in [1.807, 2.05) is 18.2 Å². The van der Waals surface area contributed by atoms with Crippen molar-refractivity contribution in [2.24, 2.45) is 0 Å². The number of benzene rings is 1. The Hall–Kier alpha value is -1.75. The zero-order valence-corrected chi connectivity index (χ0v) is 9.82. The second kappa shape index (κ2) is 5.54. The van der Waals surface area contributed by atoms with E-state index in [1.165, 1.54) is 0 Å². The average molecular weight is 235 g/mol. The molecule has 1 atom stereocenters. The van der Waals surface area contributed by atoms with Crippen molar-refractivity contribution >= 4 is 11.7 Å². The van der Waals surface area contributed by atoms with E-state index in [0.29, 0.717) is 0 Å². The predicted octanol–water partition coefficient (Wildman–Crippen LogP) is 1.18. The predicted molar refractivity (Wildman–Crippen MR) is 66.4 cm³/mol. The van der Waals surface area contributed by atoms with Gasteiger partial charge in [0.15, 0.2) is 0 Å². The second-order valence-electron chi connectivity index (χ2n) is 4.02. The molecule has 1 aromatic rings. The Kier molecular flexibility index (Phi) is 3.82. The minimum absolute atomic E-state index is 0.174. The number of urea groups is 1. The van der Waals surface area contributed by atoms with Crippen molar-refractivity contribution in [3.63, 3.8) is 0 Å². The van der Waals surface area contributed by atoms with Crippen LogP contribution in [0.4, 0.5) is 10.5 Å². The Bertz CT molecular complexity index is 389. The highest BCUT2D eigenvalue weighted by molar-refractivity contribution is 5.89. The lowest BCUT2D eigenvalue weighted by molar-refractivity contribution is 0.249. The Morgan fingerprint density at radius 3 is 3.12 bits per heavy atom. The molecule has 5 heteroatoms. The zero-order valence-electron chi connectivity index (χ0n) is 9.82. The van der Waals surface area contributed by atoms with Crippen LogP contribution in [0.3, 0.4) is 0 Å². The number of ether oxygens (including phenoxy) is 1. The van der Waals surface area contributed by atoms with Crippen LogP contribution in [-0.2, 0) is 0 Å². The third-order valence-corrected chi connectivity index (χ3v) is 2.72. The summed E-state index contributed by atoms with van der Waals surface area (Å²) in [4.78, 5) is 11.7. The fourth-order valence-electron chi connectivity index (χ4n) is 1.83. The second-order valence-corrected chi connectivity index (χ2v) is 4.02. The summed E-state index contributed by atoms with van der Waals surface area (Å²) in [5, 5.41) is 8.89. The number of hydrogen-bond acceptors (Lipinski definition) is 3. The summed E-state index contributed by atoms with van der Waals surface area (Å²) in [5.74, 6) is 0.727. The minimum atomic E-state index is -0.174. The molecule has 0 radical (unpaired) electrons. The van der Waals surface area contributed by atoms with Crippen molar-refractivity contribution in [1.82, 2.24) is 10.6 Å². The highest BCUT2D eigenvalue weighted by Gasteiger charge is 2.16. The lowest BCUT2D eigenvalue weighted by atomic mass is 10.2. The van der Waals surface area contributed by atoms with E-state index in [9.17, 15) is 4.79 Å². The van der Waals surface area contributed by atoms with Crippen molar-refractivity contribution in [2.75, 3.05) is 25.5 Å². The molecule has 92 valence electrons. The van der Waals surface area contributed by atoms with Gasteiger partial charge in [0.2, 0.25) is 0 Å². The van der Waals surface area contributed by atoms with Crippen LogP contribution in [0.1, 0.15) is 6.42 Å². The van der Waals surface area contributed by atoms with Gasteiger partial charge in [0.05, 0.1) is 7.11 Å². The van der Waals surface area contributed by atoms with Crippen LogP contribution < -0.4 is 20.7 Å². The van der Waals surface area contributed by atoms with Crippen molar-refractivity contribution in [3.8, 4) is 5.75 Å². The number of anilines is 1. The molecule has 1 aromatic carbocycles. The zero-order chi connectivity index (χ0) is 12.1. The summed E-state index contributed by atoms with van der Waals surface area (Å²) in [6.07, 6.45) is 0.978. The van der Waals surface area contributed by atoms with Gasteiger partial charge in [-0.25, -0.2) is 4.79 Å². The maximum atomic E-state index is 11.7. The number of hydrogen-bond donors (Lipinski definition) is 3. The van der Waals surface area contributed by atoms with Gasteiger partial charge in [-0.15, -0.1) is 0 Å². The molecule has 3 N–H and O–H groups in total. The molecule has 1 aliphatic heterocycles. The largest absolute Gasteiger partial charge is 0.497 e. The molecule has 1 unspecified atom stereocenters. The normalized spacial score (nSPS) is 18.8. The highest BCUT2D eigenvalue weighted by Crippen LogP contribution is 2.16. The summed E-state index contributed by atoms with van der Waals surface area (Å²) in [6, 6.07) is 7.34. The van der Waals surface area contributed by atoms with Crippen LogP contribution in [0.5, 0.6) is 5.75 Å². The van der Waals surface area contributed by atoms with Gasteiger partial charge in [-0.3, -0.25) is 0 Å². The van der Waals surface area contributed by atoms with Crippen molar-refractivity contribution in [1.29, 1.82) is 0 Å². The van der Waals surface area contributed by atoms with Gasteiger partial charge in [0.1, 0.15) is 5.75 Å². The maximum absolute atomic E-state index is 11.7. The smallest absolute Gasteiger partial charge is 0.319 e. The van der Waals surface area contributed by atoms with E-state index >= 15 is 0 Å². The lowest BCUT2D eigenvalue weighted by Crippen LogP contribution is -2.39. The first-order chi connectivity index (χ1) is 8.28. The summed E-state index contributed by atoms with van der Waals surface area (Å²) in [7, 11) is 1.60. The summed E-state index contributed by atoms with van der Waals surface area (Å²) < 4.78 is 5.09. The molecule has 0 spiro atoms. The number of carbonyl (C=O) groups is 1. The highest BCUT2D eigenvalue weighted by atomic mass is 16.5. The monoisotopic (exact) mass is 235 g/mol. The minimum Gasteiger partial charge on any atom is -0.497 e. The Balaban J connectivity index is 1.88. The number of rotatable bonds is 3. The molecular formula is C12H17N3O2. The van der Waals surface area contributed by atoms with Crippen LogP contribution in [0, 0.1) is 0 Å². The first-order valence-electron chi connectivity index (χ1n) is 5.70. The van der Waals surface area contributed by atoms with E-state index < -0.39 is 0 Å². The molecule has 1 fully saturated rings. The first kappa shape index (κ1) is 11.7. The Morgan fingerprint density at radius 2 is 2.41 bits per heavy atom. The van der Waals surface area contributed by atoms with Gasteiger partial charge in [-0.2, -0.15) is 0 Å². The van der Waals surface area contributed by atoms with Crippen LogP contribution in [0.2, 0.25) is 0 Å². The van der Waals surface area contributed by atoms with Crippen LogP contribution in [0.15, 0.2) is 24.3 Å². The van der Waals surface area contributed by atoms with E-state index in [1.54, 1.807) is 13.2 Å². The molecule has 2 amide bonds. The van der Waals surface area contributed by atoms with Gasteiger partial charge in [0, 0.05) is 24.3 Å². The Labute approximate surface area is 101 Å². The molecule has 0 aliphatic carbocycles. The molecule has 1 aliphatic rings. The van der Waals surface area contributed by atoms with Gasteiger partial charge in [-0.1, -0.05) is 6.07 Å². The lowest BCUT2D eigenvalue weighted by Gasteiger charge is -2.12. The summed E-state index contributed by atoms with van der Waals surface area (Å²) in [5.41, 5.74) is 0.729. The van der Waals surface area contributed by atoms with Crippen LogP contribution >= 0.6 is 0 Å². The van der Waals surface area contributed by atoms with Crippen molar-refractivity contribution < 1.29 is 9.53 Å². The van der Waals surface area contributed by atoms with Gasteiger partial charge in [-0.05, 0) is 25.1 Å². The SMILES string of the molecule is COc1cccc(NC(=O)NC2CCNC2)c1. The molecule has 1 saturated heterocycles. The van der Waals surface area contributed by atoms with Gasteiger partial charge >= 0.3 is 6.03 Å². The number of amides is 2. The fourth-order valence-corrected chi connectivity index (χ4v) is 1.83. The number of nitrogens with one attached hydrogen (secondary N) is 3. The molecular weight excluding hydrogens is 218 g/mol. The summed E-state index contributed by atoms with van der Waals surface area (Å²) >= 11 is 0. The summed E-state index contributed by atoms with van der Waals surface area (Å²) in [6.45, 7) is 1.80. The van der Waals surface area contributed by atoms with Gasteiger partial charge in [0.25, 0.3) is 0 Å². The average Bonchev–Trinajstić information content (AvgIpc) is 2.82. The molecule has 0 saturated carbocycles. The van der Waals surface area contributed by atoms with E-state index in [2.05, 4.69) is 16.0 Å². The standard InChI is InChI=1S/C12H17N3O2/c1-17-11-4-2-3-9(7-11)14-12(16)15-10-5-6-13-8-10/h2-4,7,10,13H,5-6,8H2,1H3,(H2,14,15,16). The first-order valence-corrected chi connectivity index (χ1v) is 5.70. The van der Waals surface area contributed by atoms with Gasteiger partial charge < -0.3 is 20.7 Å². The Morgan fingerprint density at radius 1 is 1.53 bits per heavy atom. The van der Waals surface area contributed by atoms with E-state index in [0.717, 1.165) is 30.9 Å². The van der Waals surface area contributed by atoms with Crippen LogP contribution in [0.25, 0.3) is 0 Å². The third-order valence-electron chi connectivity index (χ3n) is 2.72. The topological polar surface area (TPSA) is 62.4 Å². The van der Waals surface area contributed by atoms with E-state index in [-0.39, 0.29) is 12.1 Å². The molecule has 0 bridgehead atoms. The van der Waals surface area contributed by atoms with Crippen molar-refractivity contribution in [3.05, 3.63) is 24.3 Å². The molecule has 2 rings (SSSR count). The molecule has 5 nitrogen and oxygen atoms in total. The number of carbonyl (C=O) groups excluding carboxylic acids is 1. The molecule has 17 heavy (non-hydrogen) atoms. The van der Waals surface area contributed by atoms with Crippen LogP contribution in [-0.4, -0.2) is 32.3 Å². The quantitative estimate of drug-likeness (QED) is 0.737. The maximum Gasteiger partial charge on any atom is 0.319 e. The van der Waals surface area contributed by atoms with E-state index in [4.69, 9.17) is 4.74 Å². The molecule has 1 heterocycles. The third kappa shape index (κ3) is 3.35. The van der Waals surface area contributed by atoms with Crippen molar-refractivity contribution in [2.45, 2.75) is 12.5 Å². The molecule has 0 aromatic heterocycles.